The number of piperazine rings is 1. The summed E-state index contributed by atoms with van der Waals surface area (Å²) in [5, 5.41) is 6.33. The van der Waals surface area contributed by atoms with E-state index in [2.05, 4.69) is 39.8 Å². The number of carbonyl (C=O) groups is 1. The van der Waals surface area contributed by atoms with Crippen LogP contribution in [0.5, 0.6) is 5.75 Å². The summed E-state index contributed by atoms with van der Waals surface area (Å²) in [7, 11) is 1.58. The molecule has 0 radical (unpaired) electrons. The van der Waals surface area contributed by atoms with Crippen molar-refractivity contribution < 1.29 is 9.53 Å². The molecule has 4 N–H and O–H groups in total. The first-order valence-corrected chi connectivity index (χ1v) is 9.35. The third-order valence-corrected chi connectivity index (χ3v) is 4.86. The molecule has 3 rings (SSSR count). The van der Waals surface area contributed by atoms with Gasteiger partial charge >= 0.3 is 0 Å². The van der Waals surface area contributed by atoms with Gasteiger partial charge in [0.25, 0.3) is 5.91 Å². The van der Waals surface area contributed by atoms with Crippen LogP contribution in [0, 0.1) is 0 Å². The molecule has 0 saturated carbocycles. The number of nitrogens with zero attached hydrogens (tertiary/aromatic N) is 1. The zero-order chi connectivity index (χ0) is 19.1. The van der Waals surface area contributed by atoms with Crippen LogP contribution in [0.2, 0.25) is 0 Å². The molecule has 1 aliphatic rings. The van der Waals surface area contributed by atoms with Gasteiger partial charge in [-0.15, -0.1) is 0 Å². The number of methoxy groups -OCH3 is 1. The average molecular weight is 368 g/mol. The van der Waals surface area contributed by atoms with Gasteiger partial charge in [-0.05, 0) is 23.3 Å². The Kier molecular flexibility index (Phi) is 6.81. The normalized spacial score (nSPS) is 14.7. The number of carbonyl (C=O) groups excluding carboxylic acids is 1. The lowest BCUT2D eigenvalue weighted by molar-refractivity contribution is 0.0950. The summed E-state index contributed by atoms with van der Waals surface area (Å²) < 4.78 is 5.30. The zero-order valence-electron chi connectivity index (χ0n) is 15.8. The Morgan fingerprint density at radius 3 is 2.52 bits per heavy atom. The lowest BCUT2D eigenvalue weighted by Crippen LogP contribution is -2.42. The topological polar surface area (TPSA) is 79.6 Å². The molecule has 1 aliphatic heterocycles. The van der Waals surface area contributed by atoms with E-state index in [9.17, 15) is 4.79 Å². The van der Waals surface area contributed by atoms with Crippen molar-refractivity contribution >= 4 is 5.91 Å². The quantitative estimate of drug-likeness (QED) is 0.690. The van der Waals surface area contributed by atoms with Crippen molar-refractivity contribution in [3.63, 3.8) is 0 Å². The Bertz CT molecular complexity index is 755. The van der Waals surface area contributed by atoms with Crippen molar-refractivity contribution in [2.45, 2.75) is 19.6 Å². The van der Waals surface area contributed by atoms with Gasteiger partial charge in [0.2, 0.25) is 0 Å². The van der Waals surface area contributed by atoms with E-state index in [1.807, 2.05) is 6.07 Å². The summed E-state index contributed by atoms with van der Waals surface area (Å²) in [4.78, 5) is 14.9. The van der Waals surface area contributed by atoms with Crippen molar-refractivity contribution in [1.29, 1.82) is 0 Å². The third-order valence-electron chi connectivity index (χ3n) is 4.86. The van der Waals surface area contributed by atoms with E-state index in [0.717, 1.165) is 43.9 Å². The Hall–Kier alpha value is -2.41. The fraction of sp³-hybridized carbons (Fsp3) is 0.381. The number of rotatable bonds is 7. The van der Waals surface area contributed by atoms with E-state index in [0.29, 0.717) is 24.4 Å². The van der Waals surface area contributed by atoms with E-state index in [1.165, 1.54) is 5.56 Å². The number of amides is 1. The molecule has 1 fully saturated rings. The van der Waals surface area contributed by atoms with Crippen LogP contribution in [0.15, 0.2) is 42.5 Å². The Morgan fingerprint density at radius 1 is 1.15 bits per heavy atom. The second-order valence-electron chi connectivity index (χ2n) is 6.76. The van der Waals surface area contributed by atoms with E-state index in [1.54, 1.807) is 19.2 Å². The minimum Gasteiger partial charge on any atom is -0.496 e. The van der Waals surface area contributed by atoms with Crippen LogP contribution in [-0.4, -0.2) is 44.1 Å². The van der Waals surface area contributed by atoms with Gasteiger partial charge in [0.1, 0.15) is 5.75 Å². The molecule has 27 heavy (non-hydrogen) atoms. The molecule has 0 bridgehead atoms. The highest BCUT2D eigenvalue weighted by Gasteiger charge is 2.11. The molecule has 0 aromatic heterocycles. The van der Waals surface area contributed by atoms with Crippen LogP contribution >= 0.6 is 0 Å². The number of nitrogens with two attached hydrogens (primary N) is 1. The van der Waals surface area contributed by atoms with Crippen LogP contribution in [0.25, 0.3) is 0 Å². The van der Waals surface area contributed by atoms with E-state index >= 15 is 0 Å². The minimum atomic E-state index is -0.123. The maximum absolute atomic E-state index is 12.4. The molecule has 0 unspecified atom stereocenters. The number of hydrogen-bond donors (Lipinski definition) is 3. The largest absolute Gasteiger partial charge is 0.496 e. The molecular weight excluding hydrogens is 340 g/mol. The van der Waals surface area contributed by atoms with E-state index in [-0.39, 0.29) is 5.91 Å². The SMILES string of the molecule is COc1cc(C(=O)NCc2ccc(CN3CCNCC3)cc2)ccc1CN. The average Bonchev–Trinajstić information content (AvgIpc) is 2.73. The van der Waals surface area contributed by atoms with Crippen molar-refractivity contribution in [2.75, 3.05) is 33.3 Å². The Morgan fingerprint density at radius 2 is 1.85 bits per heavy atom. The summed E-state index contributed by atoms with van der Waals surface area (Å²) in [5.41, 5.74) is 9.51. The van der Waals surface area contributed by atoms with Gasteiger partial charge in [0, 0.05) is 56.9 Å². The molecule has 1 amide bonds. The van der Waals surface area contributed by atoms with Gasteiger partial charge in [0.15, 0.2) is 0 Å². The highest BCUT2D eigenvalue weighted by Crippen LogP contribution is 2.19. The smallest absolute Gasteiger partial charge is 0.251 e. The Labute approximate surface area is 160 Å². The Balaban J connectivity index is 1.54. The van der Waals surface area contributed by atoms with Crippen LogP contribution in [0.4, 0.5) is 0 Å². The molecule has 1 saturated heterocycles. The minimum absolute atomic E-state index is 0.123. The molecule has 0 atom stereocenters. The summed E-state index contributed by atoms with van der Waals surface area (Å²) in [6.07, 6.45) is 0. The summed E-state index contributed by atoms with van der Waals surface area (Å²) in [6.45, 7) is 6.14. The molecule has 144 valence electrons. The maximum atomic E-state index is 12.4. The lowest BCUT2D eigenvalue weighted by Gasteiger charge is -2.27. The first kappa shape index (κ1) is 19.4. The van der Waals surface area contributed by atoms with Gasteiger partial charge in [0.05, 0.1) is 7.11 Å². The predicted molar refractivity (Wildman–Crippen MR) is 107 cm³/mol. The molecule has 0 aliphatic carbocycles. The van der Waals surface area contributed by atoms with Crippen LogP contribution < -0.4 is 21.1 Å². The van der Waals surface area contributed by atoms with Crippen LogP contribution in [0.1, 0.15) is 27.0 Å². The molecule has 6 nitrogen and oxygen atoms in total. The molecule has 6 heteroatoms. The molecule has 0 spiro atoms. The summed E-state index contributed by atoms with van der Waals surface area (Å²) in [6, 6.07) is 13.8. The maximum Gasteiger partial charge on any atom is 0.251 e. The standard InChI is InChI=1S/C21H28N4O2/c1-27-20-12-18(6-7-19(20)13-22)21(26)24-14-16-2-4-17(5-3-16)15-25-10-8-23-9-11-25/h2-7,12,23H,8-11,13-15,22H2,1H3,(H,24,26). The lowest BCUT2D eigenvalue weighted by atomic mass is 10.1. The van der Waals surface area contributed by atoms with Gasteiger partial charge in [-0.1, -0.05) is 30.3 Å². The highest BCUT2D eigenvalue weighted by atomic mass is 16.5. The van der Waals surface area contributed by atoms with Gasteiger partial charge in [-0.2, -0.15) is 0 Å². The van der Waals surface area contributed by atoms with Crippen LogP contribution in [-0.2, 0) is 19.6 Å². The van der Waals surface area contributed by atoms with Crippen molar-refractivity contribution in [2.24, 2.45) is 5.73 Å². The van der Waals surface area contributed by atoms with Crippen molar-refractivity contribution in [1.82, 2.24) is 15.5 Å². The fourth-order valence-electron chi connectivity index (χ4n) is 3.23. The van der Waals surface area contributed by atoms with Gasteiger partial charge in [-0.3, -0.25) is 9.69 Å². The second-order valence-corrected chi connectivity index (χ2v) is 6.76. The molecular formula is C21H28N4O2. The van der Waals surface area contributed by atoms with Gasteiger partial charge in [-0.25, -0.2) is 0 Å². The summed E-state index contributed by atoms with van der Waals surface area (Å²) in [5.74, 6) is 0.518. The summed E-state index contributed by atoms with van der Waals surface area (Å²) >= 11 is 0. The monoisotopic (exact) mass is 368 g/mol. The number of benzene rings is 2. The zero-order valence-corrected chi connectivity index (χ0v) is 15.8. The van der Waals surface area contributed by atoms with Crippen LogP contribution in [0.3, 0.4) is 0 Å². The number of ether oxygens (including phenoxy) is 1. The second kappa shape index (κ2) is 9.50. The molecule has 2 aromatic carbocycles. The predicted octanol–water partition coefficient (Wildman–Crippen LogP) is 1.49. The number of nitrogens with one attached hydrogen (secondary N) is 2. The first-order valence-electron chi connectivity index (χ1n) is 9.35. The fourth-order valence-corrected chi connectivity index (χ4v) is 3.23. The van der Waals surface area contributed by atoms with Crippen molar-refractivity contribution in [3.05, 3.63) is 64.7 Å². The van der Waals surface area contributed by atoms with E-state index < -0.39 is 0 Å². The highest BCUT2D eigenvalue weighted by molar-refractivity contribution is 5.94. The molecule has 2 aromatic rings. The van der Waals surface area contributed by atoms with E-state index in [4.69, 9.17) is 10.5 Å². The first-order chi connectivity index (χ1) is 13.2. The van der Waals surface area contributed by atoms with Gasteiger partial charge < -0.3 is 21.1 Å². The third kappa shape index (κ3) is 5.29. The number of hydrogen-bond acceptors (Lipinski definition) is 5. The van der Waals surface area contributed by atoms with Crippen molar-refractivity contribution in [3.8, 4) is 5.75 Å². The molecule has 1 heterocycles.